The third kappa shape index (κ3) is 4.73. The molecule has 0 aromatic heterocycles. The maximum absolute atomic E-state index is 3.76. The summed E-state index contributed by atoms with van der Waals surface area (Å²) in [7, 11) is 0. The van der Waals surface area contributed by atoms with Crippen LogP contribution in [0.15, 0.2) is 0 Å². The Labute approximate surface area is 119 Å². The monoisotopic (exact) mass is 267 g/mol. The largest absolute Gasteiger partial charge is 0.314 e. The Morgan fingerprint density at radius 1 is 1.00 bits per heavy atom. The van der Waals surface area contributed by atoms with E-state index >= 15 is 0 Å². The highest BCUT2D eigenvalue weighted by Crippen LogP contribution is 2.28. The van der Waals surface area contributed by atoms with Gasteiger partial charge >= 0.3 is 0 Å². The summed E-state index contributed by atoms with van der Waals surface area (Å²) < 4.78 is 0. The zero-order valence-electron chi connectivity index (χ0n) is 13.0. The second-order valence-electron chi connectivity index (χ2n) is 6.32. The van der Waals surface area contributed by atoms with E-state index in [1.807, 2.05) is 0 Å². The van der Waals surface area contributed by atoms with Crippen molar-refractivity contribution in [3.63, 3.8) is 0 Å². The number of rotatable bonds is 7. The van der Waals surface area contributed by atoms with E-state index in [1.165, 1.54) is 77.9 Å². The lowest BCUT2D eigenvalue weighted by Crippen LogP contribution is -2.47. The van der Waals surface area contributed by atoms with Crippen LogP contribution in [-0.2, 0) is 0 Å². The van der Waals surface area contributed by atoms with Crippen LogP contribution < -0.4 is 5.32 Å². The molecule has 1 saturated heterocycles. The van der Waals surface area contributed by atoms with Gasteiger partial charge in [0.1, 0.15) is 0 Å². The average Bonchev–Trinajstić information content (AvgIpc) is 2.91. The highest BCUT2D eigenvalue weighted by atomic mass is 15.3. The van der Waals surface area contributed by atoms with Crippen molar-refractivity contribution in [3.05, 3.63) is 0 Å². The van der Waals surface area contributed by atoms with Crippen LogP contribution in [0.4, 0.5) is 0 Å². The second kappa shape index (κ2) is 8.23. The van der Waals surface area contributed by atoms with E-state index in [0.29, 0.717) is 0 Å². The lowest BCUT2D eigenvalue weighted by Gasteiger charge is -2.35. The lowest BCUT2D eigenvalue weighted by atomic mass is 9.99. The first-order chi connectivity index (χ1) is 9.33. The Morgan fingerprint density at radius 3 is 2.42 bits per heavy atom. The summed E-state index contributed by atoms with van der Waals surface area (Å²) in [5.41, 5.74) is 0. The van der Waals surface area contributed by atoms with E-state index in [1.54, 1.807) is 0 Å². The molecular formula is C16H33N3. The minimum atomic E-state index is 0.817. The molecular weight excluding hydrogens is 234 g/mol. The molecule has 112 valence electrons. The minimum absolute atomic E-state index is 0.817. The van der Waals surface area contributed by atoms with Crippen LogP contribution >= 0.6 is 0 Å². The van der Waals surface area contributed by atoms with Crippen LogP contribution in [0.2, 0.25) is 0 Å². The predicted octanol–water partition coefficient (Wildman–Crippen LogP) is 2.18. The highest BCUT2D eigenvalue weighted by Gasteiger charge is 2.27. The van der Waals surface area contributed by atoms with Gasteiger partial charge in [0.2, 0.25) is 0 Å². The Kier molecular flexibility index (Phi) is 6.62. The SMILES string of the molecule is CCCNC1CCCC1CCN1CCN(CC)CC1. The maximum Gasteiger partial charge on any atom is 0.0110 e. The smallest absolute Gasteiger partial charge is 0.0110 e. The number of nitrogens with zero attached hydrogens (tertiary/aromatic N) is 2. The molecule has 2 fully saturated rings. The highest BCUT2D eigenvalue weighted by molar-refractivity contribution is 4.84. The molecule has 1 aliphatic heterocycles. The molecule has 1 N–H and O–H groups in total. The first kappa shape index (κ1) is 15.3. The van der Waals surface area contributed by atoms with Gasteiger partial charge in [-0.3, -0.25) is 0 Å². The van der Waals surface area contributed by atoms with Crippen LogP contribution in [-0.4, -0.2) is 61.7 Å². The number of piperazine rings is 1. The fourth-order valence-corrected chi connectivity index (χ4v) is 3.66. The minimum Gasteiger partial charge on any atom is -0.314 e. The summed E-state index contributed by atoms with van der Waals surface area (Å²) in [6.45, 7) is 13.4. The van der Waals surface area contributed by atoms with E-state index < -0.39 is 0 Å². The van der Waals surface area contributed by atoms with E-state index in [2.05, 4.69) is 29.0 Å². The average molecular weight is 267 g/mol. The summed E-state index contributed by atoms with van der Waals surface area (Å²) in [5.74, 6) is 0.941. The molecule has 3 nitrogen and oxygen atoms in total. The van der Waals surface area contributed by atoms with Gasteiger partial charge in [0, 0.05) is 32.2 Å². The number of hydrogen-bond donors (Lipinski definition) is 1. The number of hydrogen-bond acceptors (Lipinski definition) is 3. The van der Waals surface area contributed by atoms with Crippen molar-refractivity contribution >= 4 is 0 Å². The van der Waals surface area contributed by atoms with Gasteiger partial charge in [-0.15, -0.1) is 0 Å². The normalized spacial score (nSPS) is 30.0. The van der Waals surface area contributed by atoms with Crippen molar-refractivity contribution in [2.24, 2.45) is 5.92 Å². The van der Waals surface area contributed by atoms with Crippen LogP contribution in [0.3, 0.4) is 0 Å². The Balaban J connectivity index is 1.64. The number of likely N-dealkylation sites (N-methyl/N-ethyl adjacent to an activating group) is 1. The molecule has 1 heterocycles. The van der Waals surface area contributed by atoms with Gasteiger partial charge in [-0.2, -0.15) is 0 Å². The summed E-state index contributed by atoms with van der Waals surface area (Å²) >= 11 is 0. The molecule has 0 spiro atoms. The van der Waals surface area contributed by atoms with E-state index in [-0.39, 0.29) is 0 Å². The first-order valence-corrected chi connectivity index (χ1v) is 8.51. The molecule has 2 unspecified atom stereocenters. The van der Waals surface area contributed by atoms with Crippen molar-refractivity contribution in [1.29, 1.82) is 0 Å². The maximum atomic E-state index is 3.76. The molecule has 1 aliphatic carbocycles. The molecule has 19 heavy (non-hydrogen) atoms. The summed E-state index contributed by atoms with van der Waals surface area (Å²) in [4.78, 5) is 5.25. The zero-order chi connectivity index (χ0) is 13.5. The van der Waals surface area contributed by atoms with Gasteiger partial charge in [0.25, 0.3) is 0 Å². The standard InChI is InChI=1S/C16H33N3/c1-3-9-17-16-7-5-6-15(16)8-10-19-13-11-18(4-2)12-14-19/h15-17H,3-14H2,1-2H3. The molecule has 3 heteroatoms. The zero-order valence-corrected chi connectivity index (χ0v) is 13.0. The molecule has 2 aliphatic rings. The summed E-state index contributed by atoms with van der Waals surface area (Å²) in [6.07, 6.45) is 6.98. The Morgan fingerprint density at radius 2 is 1.74 bits per heavy atom. The van der Waals surface area contributed by atoms with E-state index in [4.69, 9.17) is 0 Å². The molecule has 0 radical (unpaired) electrons. The van der Waals surface area contributed by atoms with Crippen molar-refractivity contribution < 1.29 is 0 Å². The van der Waals surface area contributed by atoms with Crippen LogP contribution in [0.5, 0.6) is 0 Å². The molecule has 0 aromatic rings. The third-order valence-electron chi connectivity index (χ3n) is 5.04. The Hall–Kier alpha value is -0.120. The van der Waals surface area contributed by atoms with Crippen molar-refractivity contribution in [3.8, 4) is 0 Å². The van der Waals surface area contributed by atoms with E-state index in [0.717, 1.165) is 12.0 Å². The van der Waals surface area contributed by atoms with Gasteiger partial charge in [-0.05, 0) is 51.2 Å². The second-order valence-corrected chi connectivity index (χ2v) is 6.32. The lowest BCUT2D eigenvalue weighted by molar-refractivity contribution is 0.129. The molecule has 2 rings (SSSR count). The predicted molar refractivity (Wildman–Crippen MR) is 82.6 cm³/mol. The molecule has 0 bridgehead atoms. The fraction of sp³-hybridized carbons (Fsp3) is 1.00. The molecule has 2 atom stereocenters. The molecule has 0 amide bonds. The van der Waals surface area contributed by atoms with Crippen molar-refractivity contribution in [2.75, 3.05) is 45.8 Å². The third-order valence-corrected chi connectivity index (χ3v) is 5.04. The topological polar surface area (TPSA) is 18.5 Å². The Bertz CT molecular complexity index is 236. The van der Waals surface area contributed by atoms with Crippen LogP contribution in [0, 0.1) is 5.92 Å². The van der Waals surface area contributed by atoms with E-state index in [9.17, 15) is 0 Å². The quantitative estimate of drug-likeness (QED) is 0.763. The number of nitrogens with one attached hydrogen (secondary N) is 1. The van der Waals surface area contributed by atoms with Gasteiger partial charge in [0.05, 0.1) is 0 Å². The fourth-order valence-electron chi connectivity index (χ4n) is 3.66. The van der Waals surface area contributed by atoms with Gasteiger partial charge in [-0.25, -0.2) is 0 Å². The van der Waals surface area contributed by atoms with Crippen molar-refractivity contribution in [2.45, 2.75) is 52.0 Å². The van der Waals surface area contributed by atoms with Gasteiger partial charge in [0.15, 0.2) is 0 Å². The molecule has 0 aromatic carbocycles. The van der Waals surface area contributed by atoms with Crippen LogP contribution in [0.1, 0.15) is 46.0 Å². The summed E-state index contributed by atoms with van der Waals surface area (Å²) in [6, 6.07) is 0.817. The van der Waals surface area contributed by atoms with Gasteiger partial charge in [-0.1, -0.05) is 20.3 Å². The summed E-state index contributed by atoms with van der Waals surface area (Å²) in [5, 5.41) is 3.76. The van der Waals surface area contributed by atoms with Gasteiger partial charge < -0.3 is 15.1 Å². The molecule has 1 saturated carbocycles. The van der Waals surface area contributed by atoms with Crippen LogP contribution in [0.25, 0.3) is 0 Å². The first-order valence-electron chi connectivity index (χ1n) is 8.51. The van der Waals surface area contributed by atoms with Crippen molar-refractivity contribution in [1.82, 2.24) is 15.1 Å².